The van der Waals surface area contributed by atoms with E-state index in [0.29, 0.717) is 0 Å². The van der Waals surface area contributed by atoms with Crippen LogP contribution in [0.1, 0.15) is 0 Å². The van der Waals surface area contributed by atoms with Gasteiger partial charge in [0.25, 0.3) is 6.03 Å². The van der Waals surface area contributed by atoms with Gasteiger partial charge in [-0.15, -0.1) is 39.5 Å². The molecule has 0 aromatic heterocycles. The van der Waals surface area contributed by atoms with E-state index in [2.05, 4.69) is 49.4 Å². The molecule has 0 unspecified atom stereocenters. The van der Waals surface area contributed by atoms with Crippen molar-refractivity contribution in [1.82, 2.24) is 9.96 Å². The Labute approximate surface area is 149 Å². The predicted octanol–water partition coefficient (Wildman–Crippen LogP) is 5.29. The van der Waals surface area contributed by atoms with Crippen molar-refractivity contribution >= 4 is 22.5 Å². The van der Waals surface area contributed by atoms with Gasteiger partial charge in [-0.3, -0.25) is 4.79 Å². The third kappa shape index (κ3) is 7.14. The van der Waals surface area contributed by atoms with E-state index in [4.69, 9.17) is 0 Å². The second kappa shape index (κ2) is 11.6. The zero-order valence-electron chi connectivity index (χ0n) is 14.9. The fourth-order valence-corrected chi connectivity index (χ4v) is 9.12. The molecule has 0 aliphatic carbocycles. The summed E-state index contributed by atoms with van der Waals surface area (Å²) in [5.74, 6) is 0. The molecule has 0 radical (unpaired) electrons. The lowest BCUT2D eigenvalue weighted by Gasteiger charge is -2.34. The van der Waals surface area contributed by atoms with Crippen molar-refractivity contribution in [2.75, 3.05) is 0 Å². The Morgan fingerprint density at radius 1 is 0.583 bits per heavy atom. The average Bonchev–Trinajstić information content (AvgIpc) is 2.48. The van der Waals surface area contributed by atoms with Gasteiger partial charge in [-0.1, -0.05) is 36.5 Å². The lowest BCUT2D eigenvalue weighted by Crippen LogP contribution is -2.62. The molecule has 2 amide bonds. The highest BCUT2D eigenvalue weighted by Crippen LogP contribution is 2.22. The Hall–Kier alpha value is -1.86. The fourth-order valence-electron chi connectivity index (χ4n) is 2.98. The summed E-state index contributed by atoms with van der Waals surface area (Å²) in [5, 5.41) is 0. The van der Waals surface area contributed by atoms with Crippen molar-refractivity contribution in [3.63, 3.8) is 0 Å². The summed E-state index contributed by atoms with van der Waals surface area (Å²) in [6, 6.07) is 4.63. The van der Waals surface area contributed by atoms with Crippen LogP contribution in [0.3, 0.4) is 0 Å². The van der Waals surface area contributed by atoms with E-state index >= 15 is 0 Å². The highest BCUT2D eigenvalue weighted by Gasteiger charge is 2.36. The number of carbonyl (C=O) groups excluding carboxylic acids is 1. The molecular weight excluding hydrogens is 328 g/mol. The molecule has 2 N–H and O–H groups in total. The molecule has 0 aliphatic rings. The van der Waals surface area contributed by atoms with E-state index in [1.54, 1.807) is 0 Å². The van der Waals surface area contributed by atoms with Crippen LogP contribution < -0.4 is 9.96 Å². The van der Waals surface area contributed by atoms with E-state index in [9.17, 15) is 4.79 Å². The van der Waals surface area contributed by atoms with Gasteiger partial charge in [0.05, 0.1) is 0 Å². The highest BCUT2D eigenvalue weighted by molar-refractivity contribution is 6.83. The van der Waals surface area contributed by atoms with Gasteiger partial charge in [-0.25, -0.2) is 0 Å². The van der Waals surface area contributed by atoms with Crippen LogP contribution in [0.15, 0.2) is 75.9 Å². The minimum Gasteiger partial charge on any atom is -0.364 e. The van der Waals surface area contributed by atoms with Crippen molar-refractivity contribution in [2.45, 2.75) is 36.3 Å². The summed E-state index contributed by atoms with van der Waals surface area (Å²) in [7, 11) is -4.20. The van der Waals surface area contributed by atoms with Crippen molar-refractivity contribution in [1.29, 1.82) is 0 Å². The predicted molar refractivity (Wildman–Crippen MR) is 113 cm³/mol. The molecular formula is C19H32N2OSi2. The molecule has 24 heavy (non-hydrogen) atoms. The number of urea groups is 1. The van der Waals surface area contributed by atoms with Gasteiger partial charge in [-0.2, -0.15) is 0 Å². The highest BCUT2D eigenvalue weighted by atomic mass is 28.3. The van der Waals surface area contributed by atoms with Gasteiger partial charge in [0.1, 0.15) is 0 Å². The molecule has 0 spiro atoms. The van der Waals surface area contributed by atoms with E-state index in [-0.39, 0.29) is 6.03 Å². The van der Waals surface area contributed by atoms with Crippen molar-refractivity contribution in [2.24, 2.45) is 0 Å². The quantitative estimate of drug-likeness (QED) is 0.320. The van der Waals surface area contributed by atoms with Crippen LogP contribution in [0, 0.1) is 0 Å². The van der Waals surface area contributed by atoms with E-state index in [1.165, 1.54) is 0 Å². The molecule has 0 fully saturated rings. The monoisotopic (exact) mass is 360 g/mol. The summed E-state index contributed by atoms with van der Waals surface area (Å²) in [5.41, 5.74) is 0. The number of allylic oxidation sites excluding steroid dienone is 6. The Morgan fingerprint density at radius 3 is 0.958 bits per heavy atom. The number of amides is 2. The SMILES string of the molecule is C=CC[Si](CC=C)(CC=C)NC(=O)N[Si](CC=C)(CC=C)CC=C. The number of hydrogen-bond acceptors (Lipinski definition) is 1. The van der Waals surface area contributed by atoms with Crippen LogP contribution in [-0.2, 0) is 0 Å². The number of carbonyl (C=O) groups is 1. The first-order chi connectivity index (χ1) is 11.5. The maximum absolute atomic E-state index is 12.8. The molecule has 0 aromatic carbocycles. The molecule has 0 bridgehead atoms. The minimum absolute atomic E-state index is 0.107. The van der Waals surface area contributed by atoms with Crippen molar-refractivity contribution < 1.29 is 4.79 Å². The van der Waals surface area contributed by atoms with Crippen molar-refractivity contribution in [3.05, 3.63) is 75.9 Å². The van der Waals surface area contributed by atoms with Gasteiger partial charge >= 0.3 is 0 Å². The van der Waals surface area contributed by atoms with E-state index in [0.717, 1.165) is 36.3 Å². The molecule has 0 atom stereocenters. The van der Waals surface area contributed by atoms with Crippen LogP contribution in [-0.4, -0.2) is 22.5 Å². The zero-order chi connectivity index (χ0) is 18.5. The first kappa shape index (κ1) is 22.1. The van der Waals surface area contributed by atoms with Crippen molar-refractivity contribution in [3.8, 4) is 0 Å². The fraction of sp³-hybridized carbons (Fsp3) is 0.316. The molecule has 0 saturated carbocycles. The minimum atomic E-state index is -2.10. The summed E-state index contributed by atoms with van der Waals surface area (Å²) in [6.07, 6.45) is 11.3. The lowest BCUT2D eigenvalue weighted by molar-refractivity contribution is 0.249. The maximum atomic E-state index is 12.8. The average molecular weight is 361 g/mol. The molecule has 0 aliphatic heterocycles. The Balaban J connectivity index is 5.37. The Bertz CT molecular complexity index is 391. The van der Waals surface area contributed by atoms with Crippen LogP contribution in [0.25, 0.3) is 0 Å². The molecule has 0 aromatic rings. The first-order valence-corrected chi connectivity index (χ1v) is 13.5. The lowest BCUT2D eigenvalue weighted by atomic mass is 10.7. The number of rotatable bonds is 14. The smallest absolute Gasteiger partial charge is 0.299 e. The topological polar surface area (TPSA) is 41.1 Å². The van der Waals surface area contributed by atoms with Gasteiger partial charge in [-0.05, 0) is 36.3 Å². The normalized spacial score (nSPS) is 11.0. The van der Waals surface area contributed by atoms with Crippen LogP contribution in [0.2, 0.25) is 36.3 Å². The summed E-state index contributed by atoms with van der Waals surface area (Å²) in [4.78, 5) is 19.3. The molecule has 0 heterocycles. The Morgan fingerprint density at radius 2 is 0.792 bits per heavy atom. The zero-order valence-corrected chi connectivity index (χ0v) is 16.9. The van der Waals surface area contributed by atoms with E-state index in [1.807, 2.05) is 36.5 Å². The second-order valence-corrected chi connectivity index (χ2v) is 14.2. The molecule has 0 saturated heterocycles. The van der Waals surface area contributed by atoms with E-state index < -0.39 is 16.5 Å². The Kier molecular flexibility index (Phi) is 10.7. The molecule has 5 heteroatoms. The first-order valence-electron chi connectivity index (χ1n) is 8.22. The summed E-state index contributed by atoms with van der Waals surface area (Å²) < 4.78 is 0. The van der Waals surface area contributed by atoms with Gasteiger partial charge < -0.3 is 9.96 Å². The number of nitrogens with one attached hydrogen (secondary N) is 2. The van der Waals surface area contributed by atoms with Gasteiger partial charge in [0.15, 0.2) is 16.5 Å². The largest absolute Gasteiger partial charge is 0.364 e. The molecule has 132 valence electrons. The molecule has 0 rings (SSSR count). The second-order valence-electron chi connectivity index (χ2n) is 6.10. The van der Waals surface area contributed by atoms with Gasteiger partial charge in [0.2, 0.25) is 0 Å². The molecule has 3 nitrogen and oxygen atoms in total. The third-order valence-electron chi connectivity index (χ3n) is 3.97. The third-order valence-corrected chi connectivity index (χ3v) is 11.9. The standard InChI is InChI=1S/C19H32N2OSi2/c1-7-13-23(14-8-2,15-9-3)20-19(22)21-24(16-10-4,17-11-5)18-12-6/h7-12H,1-6,13-18H2,(H2,20,21,22). The van der Waals surface area contributed by atoms with Crippen LogP contribution in [0.4, 0.5) is 4.79 Å². The maximum Gasteiger partial charge on any atom is 0.299 e. The summed E-state index contributed by atoms with van der Waals surface area (Å²) >= 11 is 0. The van der Waals surface area contributed by atoms with Gasteiger partial charge in [0, 0.05) is 0 Å². The van der Waals surface area contributed by atoms with Crippen LogP contribution in [0.5, 0.6) is 0 Å². The number of hydrogen-bond donors (Lipinski definition) is 2. The summed E-state index contributed by atoms with van der Waals surface area (Å²) in [6.45, 7) is 23.1. The van der Waals surface area contributed by atoms with Crippen LogP contribution >= 0.6 is 0 Å².